The number of carboxylic acids is 1. The van der Waals surface area contributed by atoms with Gasteiger partial charge in [0.2, 0.25) is 0 Å². The van der Waals surface area contributed by atoms with Gasteiger partial charge in [-0.3, -0.25) is 10.1 Å². The molecule has 8 nitrogen and oxygen atoms in total. The number of anilines is 1. The predicted molar refractivity (Wildman–Crippen MR) is 58.0 cm³/mol. The third kappa shape index (κ3) is 3.38. The smallest absolute Gasteiger partial charge is 0.339 e. The number of aliphatic hydroxyl groups is 1. The van der Waals surface area contributed by atoms with E-state index >= 15 is 0 Å². The monoisotopic (exact) mass is 241 g/mol. The van der Waals surface area contributed by atoms with Gasteiger partial charge in [0.05, 0.1) is 11.0 Å². The van der Waals surface area contributed by atoms with Gasteiger partial charge in [-0.15, -0.1) is 0 Å². The third-order valence-corrected chi connectivity index (χ3v) is 1.88. The second-order valence-electron chi connectivity index (χ2n) is 3.38. The average Bonchev–Trinajstić information content (AvgIpc) is 2.25. The first-order valence-corrected chi connectivity index (χ1v) is 4.71. The number of nitrogens with zero attached hydrogens (tertiary/aromatic N) is 2. The summed E-state index contributed by atoms with van der Waals surface area (Å²) in [7, 11) is 0. The summed E-state index contributed by atoms with van der Waals surface area (Å²) < 4.78 is 0. The zero-order chi connectivity index (χ0) is 13.0. The molecule has 0 spiro atoms. The van der Waals surface area contributed by atoms with Gasteiger partial charge in [0.1, 0.15) is 17.6 Å². The van der Waals surface area contributed by atoms with Gasteiger partial charge in [-0.25, -0.2) is 9.78 Å². The van der Waals surface area contributed by atoms with Crippen LogP contribution >= 0.6 is 0 Å². The number of hydrogen-bond acceptors (Lipinski definition) is 6. The Morgan fingerprint density at radius 3 is 2.82 bits per heavy atom. The van der Waals surface area contributed by atoms with Gasteiger partial charge in [0, 0.05) is 12.6 Å². The molecule has 0 saturated heterocycles. The van der Waals surface area contributed by atoms with Crippen LogP contribution in [0.4, 0.5) is 11.5 Å². The zero-order valence-corrected chi connectivity index (χ0v) is 8.95. The number of aliphatic hydroxyl groups excluding tert-OH is 1. The van der Waals surface area contributed by atoms with Crippen LogP contribution in [0.1, 0.15) is 17.3 Å². The molecule has 0 amide bonds. The summed E-state index contributed by atoms with van der Waals surface area (Å²) in [4.78, 5) is 24.3. The first kappa shape index (κ1) is 12.8. The maximum Gasteiger partial charge on any atom is 0.339 e. The highest BCUT2D eigenvalue weighted by Crippen LogP contribution is 2.18. The van der Waals surface area contributed by atoms with Crippen LogP contribution in [0.2, 0.25) is 0 Å². The Labute approximate surface area is 96.1 Å². The van der Waals surface area contributed by atoms with Crippen LogP contribution in [0.25, 0.3) is 0 Å². The Bertz CT molecular complexity index is 446. The van der Waals surface area contributed by atoms with E-state index in [0.717, 1.165) is 12.3 Å². The molecule has 0 fully saturated rings. The molecule has 1 atom stereocenters. The van der Waals surface area contributed by atoms with E-state index in [-0.39, 0.29) is 17.9 Å². The van der Waals surface area contributed by atoms with Gasteiger partial charge in [0.15, 0.2) is 0 Å². The Morgan fingerprint density at radius 1 is 1.71 bits per heavy atom. The SMILES string of the molecule is CC(O)CNc1ncc([N+](=O)[O-])cc1C(=O)O. The van der Waals surface area contributed by atoms with Crippen molar-refractivity contribution in [3.05, 3.63) is 27.9 Å². The number of hydrogen-bond donors (Lipinski definition) is 3. The first-order valence-electron chi connectivity index (χ1n) is 4.71. The van der Waals surface area contributed by atoms with Crippen molar-refractivity contribution in [2.24, 2.45) is 0 Å². The zero-order valence-electron chi connectivity index (χ0n) is 8.95. The molecule has 1 aromatic rings. The molecule has 0 bridgehead atoms. The highest BCUT2D eigenvalue weighted by atomic mass is 16.6. The summed E-state index contributed by atoms with van der Waals surface area (Å²) in [6, 6.07) is 0.916. The van der Waals surface area contributed by atoms with E-state index in [0.29, 0.717) is 0 Å². The van der Waals surface area contributed by atoms with E-state index < -0.39 is 22.7 Å². The van der Waals surface area contributed by atoms with Crippen LogP contribution < -0.4 is 5.32 Å². The van der Waals surface area contributed by atoms with Crippen molar-refractivity contribution in [1.82, 2.24) is 4.98 Å². The Kier molecular flexibility index (Phi) is 3.94. The minimum absolute atomic E-state index is 0.0102. The lowest BCUT2D eigenvalue weighted by atomic mass is 10.2. The van der Waals surface area contributed by atoms with E-state index in [1.807, 2.05) is 0 Å². The van der Waals surface area contributed by atoms with Crippen molar-refractivity contribution in [2.75, 3.05) is 11.9 Å². The van der Waals surface area contributed by atoms with E-state index in [2.05, 4.69) is 10.3 Å². The molecule has 1 rings (SSSR count). The number of carboxylic acid groups (broad SMARTS) is 1. The topological polar surface area (TPSA) is 126 Å². The molecule has 1 heterocycles. The fourth-order valence-corrected chi connectivity index (χ4v) is 1.10. The van der Waals surface area contributed by atoms with Crippen molar-refractivity contribution < 1.29 is 19.9 Å². The number of rotatable bonds is 5. The van der Waals surface area contributed by atoms with Crippen LogP contribution in [0, 0.1) is 10.1 Å². The molecule has 92 valence electrons. The third-order valence-electron chi connectivity index (χ3n) is 1.88. The van der Waals surface area contributed by atoms with Crippen LogP contribution in [-0.4, -0.2) is 38.7 Å². The van der Waals surface area contributed by atoms with Crippen LogP contribution in [0.5, 0.6) is 0 Å². The molecule has 8 heteroatoms. The van der Waals surface area contributed by atoms with Gasteiger partial charge in [-0.2, -0.15) is 0 Å². The van der Waals surface area contributed by atoms with E-state index in [9.17, 15) is 14.9 Å². The summed E-state index contributed by atoms with van der Waals surface area (Å²) in [6.07, 6.45) is 0.269. The van der Waals surface area contributed by atoms with Crippen LogP contribution in [-0.2, 0) is 0 Å². The normalized spacial score (nSPS) is 11.9. The molecule has 17 heavy (non-hydrogen) atoms. The molecule has 0 aliphatic heterocycles. The Morgan fingerprint density at radius 2 is 2.35 bits per heavy atom. The second kappa shape index (κ2) is 5.21. The largest absolute Gasteiger partial charge is 0.478 e. The summed E-state index contributed by atoms with van der Waals surface area (Å²) in [5.74, 6) is -1.33. The molecule has 0 aromatic carbocycles. The average molecular weight is 241 g/mol. The van der Waals surface area contributed by atoms with Crippen molar-refractivity contribution in [1.29, 1.82) is 0 Å². The quantitative estimate of drug-likeness (QED) is 0.505. The number of carbonyl (C=O) groups is 1. The highest BCUT2D eigenvalue weighted by Gasteiger charge is 2.17. The summed E-state index contributed by atoms with van der Waals surface area (Å²) >= 11 is 0. The molecule has 0 radical (unpaired) electrons. The molecule has 1 unspecified atom stereocenters. The number of nitrogens with one attached hydrogen (secondary N) is 1. The standard InChI is InChI=1S/C9H11N3O5/c1-5(13)3-10-8-7(9(14)15)2-6(4-11-8)12(16)17/h2,4-5,13H,3H2,1H3,(H,10,11)(H,14,15). The molecule has 0 aliphatic rings. The Hall–Kier alpha value is -2.22. The van der Waals surface area contributed by atoms with Gasteiger partial charge in [0.25, 0.3) is 5.69 Å². The van der Waals surface area contributed by atoms with E-state index in [1.165, 1.54) is 6.92 Å². The van der Waals surface area contributed by atoms with Gasteiger partial charge < -0.3 is 15.5 Å². The summed E-state index contributed by atoms with van der Waals surface area (Å²) in [5, 5.41) is 31.0. The molecular weight excluding hydrogens is 230 g/mol. The lowest BCUT2D eigenvalue weighted by molar-refractivity contribution is -0.385. The maximum atomic E-state index is 10.9. The van der Waals surface area contributed by atoms with E-state index in [4.69, 9.17) is 10.2 Å². The van der Waals surface area contributed by atoms with E-state index in [1.54, 1.807) is 0 Å². The van der Waals surface area contributed by atoms with Crippen LogP contribution in [0.15, 0.2) is 12.3 Å². The Balaban J connectivity index is 3.04. The predicted octanol–water partition coefficient (Wildman–Crippen LogP) is 0.481. The highest BCUT2D eigenvalue weighted by molar-refractivity contribution is 5.93. The molecule has 1 aromatic heterocycles. The van der Waals surface area contributed by atoms with Gasteiger partial charge >= 0.3 is 5.97 Å². The fraction of sp³-hybridized carbons (Fsp3) is 0.333. The maximum absolute atomic E-state index is 10.9. The molecule has 3 N–H and O–H groups in total. The fourth-order valence-electron chi connectivity index (χ4n) is 1.10. The summed E-state index contributed by atoms with van der Waals surface area (Å²) in [6.45, 7) is 1.62. The van der Waals surface area contributed by atoms with Crippen molar-refractivity contribution in [3.8, 4) is 0 Å². The first-order chi connectivity index (χ1) is 7.91. The summed E-state index contributed by atoms with van der Waals surface area (Å²) in [5.41, 5.74) is -0.704. The minimum Gasteiger partial charge on any atom is -0.478 e. The second-order valence-corrected chi connectivity index (χ2v) is 3.38. The molecular formula is C9H11N3O5. The number of aromatic nitrogens is 1. The van der Waals surface area contributed by atoms with Gasteiger partial charge in [-0.05, 0) is 6.92 Å². The van der Waals surface area contributed by atoms with Crippen LogP contribution in [0.3, 0.4) is 0 Å². The molecule has 0 saturated carbocycles. The number of nitro groups is 1. The molecule has 0 aliphatic carbocycles. The lowest BCUT2D eigenvalue weighted by Gasteiger charge is -2.09. The lowest BCUT2D eigenvalue weighted by Crippen LogP contribution is -2.18. The van der Waals surface area contributed by atoms with Gasteiger partial charge in [-0.1, -0.05) is 0 Å². The minimum atomic E-state index is -1.32. The van der Waals surface area contributed by atoms with Crippen molar-refractivity contribution >= 4 is 17.5 Å². The van der Waals surface area contributed by atoms with Crippen molar-refractivity contribution in [3.63, 3.8) is 0 Å². The number of pyridine rings is 1. The number of aromatic carboxylic acids is 1. The van der Waals surface area contributed by atoms with Crippen molar-refractivity contribution in [2.45, 2.75) is 13.0 Å².